The van der Waals surface area contributed by atoms with Crippen LogP contribution in [-0.4, -0.2) is 28.2 Å². The van der Waals surface area contributed by atoms with Gasteiger partial charge in [0.15, 0.2) is 0 Å². The molecular weight excluding hydrogens is 355 g/mol. The second-order valence-corrected chi connectivity index (χ2v) is 8.82. The molecule has 0 heterocycles. The predicted molar refractivity (Wildman–Crippen MR) is 87.6 cm³/mol. The molecule has 2 aromatic rings. The Hall–Kier alpha value is -1.81. The minimum absolute atomic E-state index is 0.0283. The van der Waals surface area contributed by atoms with Crippen LogP contribution >= 0.6 is 0 Å². The third-order valence-electron chi connectivity index (χ3n) is 3.73. The van der Waals surface area contributed by atoms with Gasteiger partial charge in [0, 0.05) is 13.1 Å². The van der Waals surface area contributed by atoms with Crippen molar-refractivity contribution in [2.75, 3.05) is 7.05 Å². The largest absolute Gasteiger partial charge is 0.243 e. The minimum atomic E-state index is -3.82. The van der Waals surface area contributed by atoms with E-state index >= 15 is 0 Å². The van der Waals surface area contributed by atoms with Gasteiger partial charge in [-0.3, -0.25) is 0 Å². The molecule has 0 aliphatic heterocycles. The standard InChI is InChI=1S/C15H17FN2O4S2/c1-11(12-3-7-14(8-4-12)23(17,19)20)18(2)24(21,22)15-9-5-13(16)6-10-15/h3-11H,1-2H3,(H2,17,19,20)/t11-/m1/s1. The zero-order chi connectivity index (χ0) is 18.1. The molecule has 2 N–H and O–H groups in total. The first-order valence-corrected chi connectivity index (χ1v) is 9.88. The average Bonchev–Trinajstić information content (AvgIpc) is 2.53. The summed E-state index contributed by atoms with van der Waals surface area (Å²) in [5.41, 5.74) is 0.593. The van der Waals surface area contributed by atoms with Crippen LogP contribution in [-0.2, 0) is 20.0 Å². The Morgan fingerprint density at radius 3 is 1.83 bits per heavy atom. The molecule has 0 aliphatic carbocycles. The van der Waals surface area contributed by atoms with Crippen molar-refractivity contribution in [2.45, 2.75) is 22.8 Å². The van der Waals surface area contributed by atoms with Gasteiger partial charge in [-0.1, -0.05) is 12.1 Å². The van der Waals surface area contributed by atoms with E-state index in [4.69, 9.17) is 5.14 Å². The van der Waals surface area contributed by atoms with Crippen molar-refractivity contribution in [3.8, 4) is 0 Å². The number of hydrogen-bond acceptors (Lipinski definition) is 4. The summed E-state index contributed by atoms with van der Waals surface area (Å²) in [6.45, 7) is 1.66. The molecule has 0 spiro atoms. The third-order valence-corrected chi connectivity index (χ3v) is 6.60. The Morgan fingerprint density at radius 2 is 1.38 bits per heavy atom. The lowest BCUT2D eigenvalue weighted by molar-refractivity contribution is 0.398. The van der Waals surface area contributed by atoms with E-state index < -0.39 is 31.9 Å². The first-order valence-electron chi connectivity index (χ1n) is 6.90. The maximum atomic E-state index is 13.0. The fourth-order valence-electron chi connectivity index (χ4n) is 2.13. The van der Waals surface area contributed by atoms with E-state index in [1.807, 2.05) is 0 Å². The lowest BCUT2D eigenvalue weighted by Gasteiger charge is -2.24. The Balaban J connectivity index is 2.31. The normalized spacial score (nSPS) is 13.9. The molecule has 0 amide bonds. The zero-order valence-corrected chi connectivity index (χ0v) is 14.7. The maximum Gasteiger partial charge on any atom is 0.243 e. The fraction of sp³-hybridized carbons (Fsp3) is 0.200. The van der Waals surface area contributed by atoms with Crippen molar-refractivity contribution < 1.29 is 21.2 Å². The van der Waals surface area contributed by atoms with Gasteiger partial charge >= 0.3 is 0 Å². The molecule has 2 aromatic carbocycles. The molecule has 0 radical (unpaired) electrons. The van der Waals surface area contributed by atoms with Crippen LogP contribution in [0.2, 0.25) is 0 Å². The quantitative estimate of drug-likeness (QED) is 0.866. The molecule has 9 heteroatoms. The Morgan fingerprint density at radius 1 is 0.917 bits per heavy atom. The summed E-state index contributed by atoms with van der Waals surface area (Å²) in [5, 5.41) is 5.04. The molecular formula is C15H17FN2O4S2. The van der Waals surface area contributed by atoms with Crippen LogP contribution in [0.15, 0.2) is 58.3 Å². The van der Waals surface area contributed by atoms with E-state index in [0.717, 1.165) is 16.4 Å². The molecule has 130 valence electrons. The highest BCUT2D eigenvalue weighted by Gasteiger charge is 2.26. The summed E-state index contributed by atoms with van der Waals surface area (Å²) in [7, 11) is -6.23. The lowest BCUT2D eigenvalue weighted by Crippen LogP contribution is -2.29. The van der Waals surface area contributed by atoms with E-state index in [1.165, 1.54) is 43.4 Å². The molecule has 1 atom stereocenters. The molecule has 0 unspecified atom stereocenters. The first-order chi connectivity index (χ1) is 11.0. The van der Waals surface area contributed by atoms with Crippen LogP contribution in [0.5, 0.6) is 0 Å². The van der Waals surface area contributed by atoms with Crippen LogP contribution in [0.3, 0.4) is 0 Å². The number of sulfonamides is 2. The van der Waals surface area contributed by atoms with Crippen molar-refractivity contribution in [1.29, 1.82) is 0 Å². The highest BCUT2D eigenvalue weighted by Crippen LogP contribution is 2.26. The van der Waals surface area contributed by atoms with Gasteiger partial charge in [0.25, 0.3) is 0 Å². The van der Waals surface area contributed by atoms with Crippen LogP contribution in [0.25, 0.3) is 0 Å². The monoisotopic (exact) mass is 372 g/mol. The SMILES string of the molecule is C[C@H](c1ccc(S(N)(=O)=O)cc1)N(C)S(=O)(=O)c1ccc(F)cc1. The molecule has 0 bridgehead atoms. The number of halogens is 1. The second kappa shape index (κ2) is 6.60. The number of primary sulfonamides is 1. The summed E-state index contributed by atoms with van der Waals surface area (Å²) in [6.07, 6.45) is 0. The zero-order valence-electron chi connectivity index (χ0n) is 13.0. The number of nitrogens with two attached hydrogens (primary N) is 1. The first kappa shape index (κ1) is 18.5. The van der Waals surface area contributed by atoms with Crippen molar-refractivity contribution in [2.24, 2.45) is 5.14 Å². The molecule has 0 saturated heterocycles. The Bertz CT molecular complexity index is 924. The molecule has 0 saturated carbocycles. The van der Waals surface area contributed by atoms with E-state index in [9.17, 15) is 21.2 Å². The Kier molecular flexibility index (Phi) is 5.09. The molecule has 6 nitrogen and oxygen atoms in total. The molecule has 0 fully saturated rings. The van der Waals surface area contributed by atoms with Gasteiger partial charge in [-0.05, 0) is 48.9 Å². The summed E-state index contributed by atoms with van der Waals surface area (Å²) in [6, 6.07) is 9.62. The average molecular weight is 372 g/mol. The van der Waals surface area contributed by atoms with Gasteiger partial charge in [-0.15, -0.1) is 0 Å². The van der Waals surface area contributed by atoms with E-state index in [-0.39, 0.29) is 9.79 Å². The van der Waals surface area contributed by atoms with Crippen LogP contribution in [0, 0.1) is 5.82 Å². The lowest BCUT2D eigenvalue weighted by atomic mass is 10.1. The predicted octanol–water partition coefficient (Wildman–Crippen LogP) is 1.85. The molecule has 2 rings (SSSR count). The summed E-state index contributed by atoms with van der Waals surface area (Å²) in [5.74, 6) is -0.525. The second-order valence-electron chi connectivity index (χ2n) is 5.27. The molecule has 0 aliphatic rings. The topological polar surface area (TPSA) is 97.5 Å². The van der Waals surface area contributed by atoms with Gasteiger partial charge in [0.2, 0.25) is 20.0 Å². The van der Waals surface area contributed by atoms with Crippen LogP contribution in [0.4, 0.5) is 4.39 Å². The smallest absolute Gasteiger partial charge is 0.225 e. The van der Waals surface area contributed by atoms with E-state index in [2.05, 4.69) is 0 Å². The molecule has 24 heavy (non-hydrogen) atoms. The van der Waals surface area contributed by atoms with Crippen LogP contribution in [0.1, 0.15) is 18.5 Å². The van der Waals surface area contributed by atoms with Gasteiger partial charge in [-0.25, -0.2) is 26.4 Å². The summed E-state index contributed by atoms with van der Waals surface area (Å²) >= 11 is 0. The number of nitrogens with zero attached hydrogens (tertiary/aromatic N) is 1. The van der Waals surface area contributed by atoms with E-state index in [0.29, 0.717) is 5.56 Å². The number of hydrogen-bond donors (Lipinski definition) is 1. The molecule has 0 aromatic heterocycles. The maximum absolute atomic E-state index is 13.0. The summed E-state index contributed by atoms with van der Waals surface area (Å²) in [4.78, 5) is -0.0816. The van der Waals surface area contributed by atoms with Gasteiger partial charge in [-0.2, -0.15) is 4.31 Å². The van der Waals surface area contributed by atoms with Crippen molar-refractivity contribution in [3.63, 3.8) is 0 Å². The summed E-state index contributed by atoms with van der Waals surface area (Å²) < 4.78 is 61.8. The number of benzene rings is 2. The fourth-order valence-corrected chi connectivity index (χ4v) is 3.99. The third kappa shape index (κ3) is 3.81. The van der Waals surface area contributed by atoms with E-state index in [1.54, 1.807) is 6.92 Å². The van der Waals surface area contributed by atoms with Crippen LogP contribution < -0.4 is 5.14 Å². The Labute approximate surface area is 140 Å². The number of rotatable bonds is 5. The van der Waals surface area contributed by atoms with Gasteiger partial charge < -0.3 is 0 Å². The van der Waals surface area contributed by atoms with Gasteiger partial charge in [0.05, 0.1) is 9.79 Å². The van der Waals surface area contributed by atoms with Crippen molar-refractivity contribution in [1.82, 2.24) is 4.31 Å². The highest BCUT2D eigenvalue weighted by molar-refractivity contribution is 7.89. The van der Waals surface area contributed by atoms with Crippen molar-refractivity contribution >= 4 is 20.0 Å². The van der Waals surface area contributed by atoms with Crippen molar-refractivity contribution in [3.05, 3.63) is 59.9 Å². The van der Waals surface area contributed by atoms with Gasteiger partial charge in [0.1, 0.15) is 5.82 Å². The minimum Gasteiger partial charge on any atom is -0.225 e. The highest BCUT2D eigenvalue weighted by atomic mass is 32.2.